The van der Waals surface area contributed by atoms with E-state index >= 15 is 0 Å². The Kier molecular flexibility index (Phi) is 3.28. The summed E-state index contributed by atoms with van der Waals surface area (Å²) in [5.41, 5.74) is 3.33. The summed E-state index contributed by atoms with van der Waals surface area (Å²) >= 11 is 5.99. The van der Waals surface area contributed by atoms with Gasteiger partial charge in [-0.3, -0.25) is 0 Å². The fourth-order valence-corrected chi connectivity index (χ4v) is 2.44. The van der Waals surface area contributed by atoms with E-state index in [4.69, 9.17) is 16.7 Å². The highest BCUT2D eigenvalue weighted by molar-refractivity contribution is 6.31. The van der Waals surface area contributed by atoms with Gasteiger partial charge in [0, 0.05) is 28.7 Å². The van der Waals surface area contributed by atoms with Crippen molar-refractivity contribution < 1.29 is 5.11 Å². The number of hydrogen-bond donors (Lipinski definition) is 1. The lowest BCUT2D eigenvalue weighted by Crippen LogP contribution is -1.97. The molecule has 3 aromatic rings. The first kappa shape index (κ1) is 12.3. The Labute approximate surface area is 116 Å². The minimum atomic E-state index is 0.0885. The van der Waals surface area contributed by atoms with Crippen molar-refractivity contribution in [1.82, 2.24) is 4.57 Å². The normalized spacial score (nSPS) is 11.1. The van der Waals surface area contributed by atoms with E-state index in [-0.39, 0.29) is 6.61 Å². The van der Waals surface area contributed by atoms with Gasteiger partial charge >= 0.3 is 0 Å². The van der Waals surface area contributed by atoms with E-state index in [9.17, 15) is 0 Å². The van der Waals surface area contributed by atoms with E-state index in [0.29, 0.717) is 0 Å². The van der Waals surface area contributed by atoms with Crippen LogP contribution in [0.4, 0.5) is 0 Å². The second-order valence-electron chi connectivity index (χ2n) is 4.62. The van der Waals surface area contributed by atoms with Gasteiger partial charge in [0.2, 0.25) is 0 Å². The van der Waals surface area contributed by atoms with Crippen LogP contribution < -0.4 is 0 Å². The van der Waals surface area contributed by atoms with Gasteiger partial charge in [-0.1, -0.05) is 35.9 Å². The molecular formula is C16H14ClNO. The third-order valence-electron chi connectivity index (χ3n) is 3.29. The summed E-state index contributed by atoms with van der Waals surface area (Å²) in [7, 11) is 0. The third kappa shape index (κ3) is 2.50. The highest BCUT2D eigenvalue weighted by Gasteiger charge is 2.02. The number of halogens is 1. The largest absolute Gasteiger partial charge is 0.392 e. The lowest BCUT2D eigenvalue weighted by molar-refractivity contribution is 0.282. The molecule has 0 aliphatic heterocycles. The van der Waals surface area contributed by atoms with Crippen LogP contribution in [0.3, 0.4) is 0 Å². The summed E-state index contributed by atoms with van der Waals surface area (Å²) in [4.78, 5) is 0. The molecule has 0 amide bonds. The molecule has 1 heterocycles. The molecule has 96 valence electrons. The smallest absolute Gasteiger partial charge is 0.0681 e. The van der Waals surface area contributed by atoms with Crippen LogP contribution in [0.15, 0.2) is 54.7 Å². The first-order chi connectivity index (χ1) is 9.26. The van der Waals surface area contributed by atoms with Crippen LogP contribution in [-0.2, 0) is 13.2 Å². The lowest BCUT2D eigenvalue weighted by Gasteiger charge is -2.06. The van der Waals surface area contributed by atoms with Crippen molar-refractivity contribution in [3.8, 4) is 0 Å². The molecule has 0 atom stereocenters. The quantitative estimate of drug-likeness (QED) is 0.769. The number of aliphatic hydroxyl groups excluding tert-OH is 1. The number of aliphatic hydroxyl groups is 1. The zero-order valence-electron chi connectivity index (χ0n) is 10.4. The third-order valence-corrected chi connectivity index (χ3v) is 3.53. The second-order valence-corrected chi connectivity index (χ2v) is 5.06. The first-order valence-corrected chi connectivity index (χ1v) is 6.57. The molecule has 3 heteroatoms. The zero-order chi connectivity index (χ0) is 13.2. The molecule has 0 aliphatic rings. The Morgan fingerprint density at radius 1 is 0.947 bits per heavy atom. The molecule has 0 fully saturated rings. The Morgan fingerprint density at radius 2 is 1.68 bits per heavy atom. The highest BCUT2D eigenvalue weighted by atomic mass is 35.5. The van der Waals surface area contributed by atoms with E-state index in [2.05, 4.69) is 16.8 Å². The topological polar surface area (TPSA) is 25.2 Å². The maximum Gasteiger partial charge on any atom is 0.0681 e. The van der Waals surface area contributed by atoms with Crippen molar-refractivity contribution >= 4 is 22.5 Å². The summed E-state index contributed by atoms with van der Waals surface area (Å²) in [6, 6.07) is 16.0. The first-order valence-electron chi connectivity index (χ1n) is 6.19. The average Bonchev–Trinajstić information content (AvgIpc) is 2.82. The number of fused-ring (bicyclic) bond motifs is 1. The van der Waals surface area contributed by atoms with Gasteiger partial charge in [-0.25, -0.2) is 0 Å². The molecule has 0 radical (unpaired) electrons. The number of hydrogen-bond acceptors (Lipinski definition) is 1. The molecule has 1 N–H and O–H groups in total. The molecule has 0 bridgehead atoms. The predicted molar refractivity (Wildman–Crippen MR) is 78.4 cm³/mol. The number of benzene rings is 2. The van der Waals surface area contributed by atoms with E-state index < -0.39 is 0 Å². The van der Waals surface area contributed by atoms with Gasteiger partial charge in [0.15, 0.2) is 0 Å². The molecule has 2 nitrogen and oxygen atoms in total. The summed E-state index contributed by atoms with van der Waals surface area (Å²) in [6.45, 7) is 0.905. The van der Waals surface area contributed by atoms with Gasteiger partial charge in [-0.2, -0.15) is 0 Å². The molecule has 0 spiro atoms. The molecule has 0 aliphatic carbocycles. The number of nitrogens with zero attached hydrogens (tertiary/aromatic N) is 1. The van der Waals surface area contributed by atoms with Crippen LogP contribution in [0.2, 0.25) is 5.02 Å². The fourth-order valence-electron chi connectivity index (χ4n) is 2.26. The Morgan fingerprint density at radius 3 is 2.42 bits per heavy atom. The highest BCUT2D eigenvalue weighted by Crippen LogP contribution is 2.21. The van der Waals surface area contributed by atoms with Crippen molar-refractivity contribution in [3.63, 3.8) is 0 Å². The molecule has 1 aromatic heterocycles. The molecule has 2 aromatic carbocycles. The Balaban J connectivity index is 1.92. The van der Waals surface area contributed by atoms with Crippen LogP contribution >= 0.6 is 11.6 Å². The molecule has 19 heavy (non-hydrogen) atoms. The summed E-state index contributed by atoms with van der Waals surface area (Å²) in [5, 5.41) is 10.9. The monoisotopic (exact) mass is 271 g/mol. The van der Waals surface area contributed by atoms with Gasteiger partial charge < -0.3 is 9.67 Å². The summed E-state index contributed by atoms with van der Waals surface area (Å²) < 4.78 is 2.19. The molecule has 0 saturated heterocycles. The maximum atomic E-state index is 9.03. The number of aromatic nitrogens is 1. The van der Waals surface area contributed by atoms with Crippen LogP contribution in [0.25, 0.3) is 10.9 Å². The van der Waals surface area contributed by atoms with Crippen LogP contribution in [0.1, 0.15) is 11.1 Å². The van der Waals surface area contributed by atoms with Crippen molar-refractivity contribution in [2.24, 2.45) is 0 Å². The summed E-state index contributed by atoms with van der Waals surface area (Å²) in [6.07, 6.45) is 2.07. The minimum Gasteiger partial charge on any atom is -0.392 e. The van der Waals surface area contributed by atoms with Gasteiger partial charge in [-0.15, -0.1) is 0 Å². The van der Waals surface area contributed by atoms with E-state index in [1.165, 1.54) is 11.1 Å². The van der Waals surface area contributed by atoms with E-state index in [0.717, 1.165) is 22.5 Å². The van der Waals surface area contributed by atoms with Crippen molar-refractivity contribution in [2.75, 3.05) is 0 Å². The maximum absolute atomic E-state index is 9.03. The van der Waals surface area contributed by atoms with Gasteiger partial charge in [0.25, 0.3) is 0 Å². The number of rotatable bonds is 3. The van der Waals surface area contributed by atoms with Crippen molar-refractivity contribution in [2.45, 2.75) is 13.2 Å². The van der Waals surface area contributed by atoms with E-state index in [1.54, 1.807) is 0 Å². The summed E-state index contributed by atoms with van der Waals surface area (Å²) in [5.74, 6) is 0. The zero-order valence-corrected chi connectivity index (χ0v) is 11.1. The van der Waals surface area contributed by atoms with E-state index in [1.807, 2.05) is 42.5 Å². The second kappa shape index (κ2) is 5.08. The SMILES string of the molecule is OCc1ccc(Cn2ccc3cc(Cl)ccc32)cc1. The van der Waals surface area contributed by atoms with Gasteiger partial charge in [0.1, 0.15) is 0 Å². The van der Waals surface area contributed by atoms with Gasteiger partial charge in [0.05, 0.1) is 6.61 Å². The Hall–Kier alpha value is -1.77. The van der Waals surface area contributed by atoms with Crippen LogP contribution in [0, 0.1) is 0 Å². The standard InChI is InChI=1S/C16H14ClNO/c17-15-5-6-16-14(9-15)7-8-18(16)10-12-1-3-13(11-19)4-2-12/h1-9,19H,10-11H2. The molecule has 0 saturated carbocycles. The molecular weight excluding hydrogens is 258 g/mol. The minimum absolute atomic E-state index is 0.0885. The fraction of sp³-hybridized carbons (Fsp3) is 0.125. The van der Waals surface area contributed by atoms with Gasteiger partial charge in [-0.05, 0) is 35.4 Å². The van der Waals surface area contributed by atoms with Crippen molar-refractivity contribution in [1.29, 1.82) is 0 Å². The van der Waals surface area contributed by atoms with Crippen LogP contribution in [0.5, 0.6) is 0 Å². The average molecular weight is 272 g/mol. The molecule has 0 unspecified atom stereocenters. The molecule has 3 rings (SSSR count). The lowest BCUT2D eigenvalue weighted by atomic mass is 10.1. The Bertz CT molecular complexity index is 700. The predicted octanol–water partition coefficient (Wildman–Crippen LogP) is 3.84. The van der Waals surface area contributed by atoms with Crippen molar-refractivity contribution in [3.05, 3.63) is 70.9 Å². The van der Waals surface area contributed by atoms with Crippen LogP contribution in [-0.4, -0.2) is 9.67 Å².